The summed E-state index contributed by atoms with van der Waals surface area (Å²) in [5.41, 5.74) is 9.75. The molecule has 0 aliphatic carbocycles. The largest absolute Gasteiger partial charge is 0.491 e. The van der Waals surface area contributed by atoms with E-state index in [1.165, 1.54) is 0 Å². The van der Waals surface area contributed by atoms with Gasteiger partial charge in [-0.15, -0.1) is 0 Å². The summed E-state index contributed by atoms with van der Waals surface area (Å²) in [5, 5.41) is 16.2. The fraction of sp³-hybridized carbons (Fsp3) is 0.355. The maximum Gasteiger partial charge on any atom is 0.411 e. The number of nitrogens with two attached hydrogens (primary N) is 1. The molecule has 0 bridgehead atoms. The van der Waals surface area contributed by atoms with E-state index >= 15 is 0 Å². The fourth-order valence-electron chi connectivity index (χ4n) is 4.35. The molecule has 3 aromatic rings. The van der Waals surface area contributed by atoms with Crippen LogP contribution in [0, 0.1) is 5.92 Å². The minimum absolute atomic E-state index is 0.0726. The smallest absolute Gasteiger partial charge is 0.411 e. The van der Waals surface area contributed by atoms with E-state index in [4.69, 9.17) is 19.9 Å². The van der Waals surface area contributed by atoms with Crippen molar-refractivity contribution in [3.05, 3.63) is 90.0 Å². The first kappa shape index (κ1) is 30.5. The first-order valence-corrected chi connectivity index (χ1v) is 13.5. The van der Waals surface area contributed by atoms with Gasteiger partial charge in [0.05, 0.1) is 13.2 Å². The molecule has 0 fully saturated rings. The van der Waals surface area contributed by atoms with E-state index < -0.39 is 24.3 Å². The van der Waals surface area contributed by atoms with Crippen molar-refractivity contribution in [3.63, 3.8) is 0 Å². The third-order valence-electron chi connectivity index (χ3n) is 6.54. The molecule has 0 saturated carbocycles. The van der Waals surface area contributed by atoms with E-state index in [1.807, 2.05) is 85.8 Å². The van der Waals surface area contributed by atoms with Gasteiger partial charge in [-0.2, -0.15) is 0 Å². The van der Waals surface area contributed by atoms with Gasteiger partial charge in [-0.3, -0.25) is 10.6 Å². The predicted octanol–water partition coefficient (Wildman–Crippen LogP) is 5.75. The highest BCUT2D eigenvalue weighted by atomic mass is 16.6. The Morgan fingerprint density at radius 2 is 1.27 bits per heavy atom. The number of benzene rings is 3. The molecule has 0 saturated heterocycles. The monoisotopic (exact) mass is 549 g/mol. The predicted molar refractivity (Wildman–Crippen MR) is 156 cm³/mol. The Morgan fingerprint density at radius 3 is 1.73 bits per heavy atom. The molecule has 0 aliphatic rings. The van der Waals surface area contributed by atoms with E-state index in [0.717, 1.165) is 11.1 Å². The summed E-state index contributed by atoms with van der Waals surface area (Å²) >= 11 is 0. The van der Waals surface area contributed by atoms with Crippen molar-refractivity contribution in [1.29, 1.82) is 0 Å². The van der Waals surface area contributed by atoms with E-state index in [-0.39, 0.29) is 31.7 Å². The van der Waals surface area contributed by atoms with Crippen LogP contribution in [0.4, 0.5) is 21.0 Å². The average molecular weight is 550 g/mol. The van der Waals surface area contributed by atoms with Gasteiger partial charge < -0.3 is 25.1 Å². The van der Waals surface area contributed by atoms with Gasteiger partial charge in [0.2, 0.25) is 0 Å². The van der Waals surface area contributed by atoms with Crippen molar-refractivity contribution in [2.45, 2.75) is 45.3 Å². The van der Waals surface area contributed by atoms with Crippen LogP contribution in [0.25, 0.3) is 0 Å². The van der Waals surface area contributed by atoms with Crippen molar-refractivity contribution in [1.82, 2.24) is 0 Å². The van der Waals surface area contributed by atoms with Crippen molar-refractivity contribution in [2.24, 2.45) is 11.7 Å². The second kappa shape index (κ2) is 15.5. The van der Waals surface area contributed by atoms with E-state index in [0.29, 0.717) is 23.5 Å². The van der Waals surface area contributed by atoms with Crippen molar-refractivity contribution in [3.8, 4) is 5.75 Å². The zero-order valence-electron chi connectivity index (χ0n) is 23.2. The summed E-state index contributed by atoms with van der Waals surface area (Å²) in [6.45, 7) is 6.16. The van der Waals surface area contributed by atoms with Gasteiger partial charge in [0.1, 0.15) is 18.5 Å². The Kier molecular flexibility index (Phi) is 11.8. The molecule has 3 atom stereocenters. The minimum atomic E-state index is -0.858. The Morgan fingerprint density at radius 1 is 0.800 bits per heavy atom. The van der Waals surface area contributed by atoms with E-state index in [9.17, 15) is 14.7 Å². The Bertz CT molecular complexity index is 1120. The minimum Gasteiger partial charge on any atom is -0.491 e. The van der Waals surface area contributed by atoms with Crippen molar-refractivity contribution < 1.29 is 28.9 Å². The molecule has 2 unspecified atom stereocenters. The van der Waals surface area contributed by atoms with Crippen LogP contribution in [-0.2, 0) is 9.47 Å². The first-order valence-electron chi connectivity index (χ1n) is 13.5. The fourth-order valence-corrected chi connectivity index (χ4v) is 4.35. The zero-order chi connectivity index (χ0) is 28.9. The van der Waals surface area contributed by atoms with E-state index in [1.54, 1.807) is 13.8 Å². The molecule has 9 heteroatoms. The lowest BCUT2D eigenvalue weighted by Gasteiger charge is -2.29. The second-order valence-electron chi connectivity index (χ2n) is 9.47. The summed E-state index contributed by atoms with van der Waals surface area (Å²) in [4.78, 5) is 23.6. The highest BCUT2D eigenvalue weighted by Gasteiger charge is 2.26. The third kappa shape index (κ3) is 9.29. The van der Waals surface area contributed by atoms with E-state index in [2.05, 4.69) is 10.6 Å². The number of aliphatic hydroxyl groups is 1. The Hall–Kier alpha value is -4.08. The van der Waals surface area contributed by atoms with Gasteiger partial charge >= 0.3 is 12.2 Å². The van der Waals surface area contributed by atoms with Crippen molar-refractivity contribution in [2.75, 3.05) is 30.5 Å². The molecule has 2 amide bonds. The first-order chi connectivity index (χ1) is 19.3. The van der Waals surface area contributed by atoms with Gasteiger partial charge in [-0.1, -0.05) is 49.4 Å². The lowest BCUT2D eigenvalue weighted by molar-refractivity contribution is 0.0668. The molecule has 214 valence electrons. The quantitative estimate of drug-likeness (QED) is 0.213. The molecule has 3 rings (SSSR count). The Labute approximate surface area is 235 Å². The summed E-state index contributed by atoms with van der Waals surface area (Å²) in [6.07, 6.45) is -1.24. The number of carbonyl (C=O) groups excluding carboxylic acids is 2. The number of ether oxygens (including phenoxy) is 3. The second-order valence-corrected chi connectivity index (χ2v) is 9.47. The summed E-state index contributed by atoms with van der Waals surface area (Å²) in [7, 11) is 0. The standard InChI is InChI=1S/C31H39N3O6/c1-4-38-30(36)33-24-15-11-22(12-16-24)27(23-13-17-25(18-14-23)34-31(37)39-5-2)19-21(3)29(32)28(35)20-40-26-9-7-6-8-10-26/h6-18,21,27-29,35H,4-5,19-20,32H2,1-3H3,(H,33,36)(H,34,37)/t21?,28-,29?/m0/s1. The van der Waals surface area contributed by atoms with Crippen LogP contribution in [0.15, 0.2) is 78.9 Å². The lowest BCUT2D eigenvalue weighted by atomic mass is 9.81. The van der Waals surface area contributed by atoms with Gasteiger partial charge in [0, 0.05) is 23.3 Å². The van der Waals surface area contributed by atoms with Crippen LogP contribution in [0.5, 0.6) is 5.75 Å². The molecular weight excluding hydrogens is 510 g/mol. The van der Waals surface area contributed by atoms with Crippen LogP contribution >= 0.6 is 0 Å². The number of amides is 2. The maximum absolute atomic E-state index is 11.8. The van der Waals surface area contributed by atoms with Crippen LogP contribution < -0.4 is 21.1 Å². The molecule has 9 nitrogen and oxygen atoms in total. The zero-order valence-corrected chi connectivity index (χ0v) is 23.2. The number of anilines is 2. The van der Waals surface area contributed by atoms with Gasteiger partial charge in [-0.25, -0.2) is 9.59 Å². The van der Waals surface area contributed by atoms with Gasteiger partial charge in [-0.05, 0) is 73.7 Å². The lowest BCUT2D eigenvalue weighted by Crippen LogP contribution is -2.44. The van der Waals surface area contributed by atoms with Crippen LogP contribution in [0.3, 0.4) is 0 Å². The Balaban J connectivity index is 1.76. The average Bonchev–Trinajstić information content (AvgIpc) is 2.96. The van der Waals surface area contributed by atoms with Crippen LogP contribution in [0.2, 0.25) is 0 Å². The molecule has 0 radical (unpaired) electrons. The normalized spacial score (nSPS) is 13.2. The molecule has 3 aromatic carbocycles. The SMILES string of the molecule is CCOC(=O)Nc1ccc(C(CC(C)C(N)[C@@H](O)COc2ccccc2)c2ccc(NC(=O)OCC)cc2)cc1. The summed E-state index contributed by atoms with van der Waals surface area (Å²) < 4.78 is 15.6. The third-order valence-corrected chi connectivity index (χ3v) is 6.54. The highest BCUT2D eigenvalue weighted by molar-refractivity contribution is 5.85. The number of aliphatic hydroxyl groups excluding tert-OH is 1. The maximum atomic E-state index is 11.8. The molecule has 0 heterocycles. The number of rotatable bonds is 13. The van der Waals surface area contributed by atoms with Gasteiger partial charge in [0.25, 0.3) is 0 Å². The molecule has 5 N–H and O–H groups in total. The molecule has 0 aliphatic heterocycles. The number of hydrogen-bond acceptors (Lipinski definition) is 7. The topological polar surface area (TPSA) is 132 Å². The number of para-hydroxylation sites is 1. The summed E-state index contributed by atoms with van der Waals surface area (Å²) in [6, 6.07) is 23.9. The van der Waals surface area contributed by atoms with Crippen LogP contribution in [-0.4, -0.2) is 49.3 Å². The van der Waals surface area contributed by atoms with Gasteiger partial charge in [0.15, 0.2) is 0 Å². The molecule has 0 aromatic heterocycles. The van der Waals surface area contributed by atoms with Crippen molar-refractivity contribution >= 4 is 23.6 Å². The number of hydrogen-bond donors (Lipinski definition) is 4. The summed E-state index contributed by atoms with van der Waals surface area (Å²) in [5.74, 6) is 0.526. The molecular formula is C31H39N3O6. The number of carbonyl (C=O) groups is 2. The number of nitrogens with one attached hydrogen (secondary N) is 2. The molecule has 40 heavy (non-hydrogen) atoms. The highest BCUT2D eigenvalue weighted by Crippen LogP contribution is 2.34. The molecule has 0 spiro atoms. The van der Waals surface area contributed by atoms with Crippen LogP contribution in [0.1, 0.15) is 44.2 Å².